The van der Waals surface area contributed by atoms with Crippen LogP contribution in [0, 0.1) is 0 Å². The fraction of sp³-hybridized carbons (Fsp3) is 0.318. The molecule has 0 radical (unpaired) electrons. The summed E-state index contributed by atoms with van der Waals surface area (Å²) in [5.41, 5.74) is 0.949. The lowest BCUT2D eigenvalue weighted by molar-refractivity contribution is -0.143. The third-order valence-corrected chi connectivity index (χ3v) is 8.43. The summed E-state index contributed by atoms with van der Waals surface area (Å²) in [6.45, 7) is 2.87. The average molecular weight is 508 g/mol. The largest absolute Gasteiger partial charge is 0.465 e. The minimum Gasteiger partial charge on any atom is -0.465 e. The molecule has 1 amide bonds. The molecule has 11 heteroatoms. The number of ether oxygens (including phenoxy) is 1. The predicted molar refractivity (Wildman–Crippen MR) is 126 cm³/mol. The van der Waals surface area contributed by atoms with E-state index in [4.69, 9.17) is 16.3 Å². The number of esters is 1. The van der Waals surface area contributed by atoms with Crippen molar-refractivity contribution in [3.05, 3.63) is 57.9 Å². The quantitative estimate of drug-likeness (QED) is 0.476. The van der Waals surface area contributed by atoms with E-state index < -0.39 is 21.9 Å². The van der Waals surface area contributed by atoms with Crippen LogP contribution in [-0.2, 0) is 26.1 Å². The Morgan fingerprint density at radius 3 is 2.48 bits per heavy atom. The van der Waals surface area contributed by atoms with Crippen LogP contribution in [0.5, 0.6) is 0 Å². The van der Waals surface area contributed by atoms with Gasteiger partial charge in [0.15, 0.2) is 4.80 Å². The van der Waals surface area contributed by atoms with E-state index in [0.29, 0.717) is 28.4 Å². The van der Waals surface area contributed by atoms with Gasteiger partial charge in [-0.3, -0.25) is 9.59 Å². The zero-order valence-corrected chi connectivity index (χ0v) is 20.3. The number of amides is 1. The van der Waals surface area contributed by atoms with E-state index in [1.54, 1.807) is 29.7 Å². The van der Waals surface area contributed by atoms with Gasteiger partial charge in [0.25, 0.3) is 5.91 Å². The van der Waals surface area contributed by atoms with Crippen molar-refractivity contribution in [2.75, 3.05) is 19.7 Å². The molecule has 0 spiro atoms. The molecule has 1 saturated heterocycles. The van der Waals surface area contributed by atoms with Crippen LogP contribution in [0.15, 0.2) is 52.4 Å². The van der Waals surface area contributed by atoms with Crippen molar-refractivity contribution in [2.45, 2.75) is 31.2 Å². The molecule has 1 fully saturated rings. The minimum absolute atomic E-state index is 0.103. The van der Waals surface area contributed by atoms with Gasteiger partial charge in [0.1, 0.15) is 6.54 Å². The highest BCUT2D eigenvalue weighted by molar-refractivity contribution is 7.89. The van der Waals surface area contributed by atoms with E-state index in [1.807, 2.05) is 0 Å². The number of thiazole rings is 1. The van der Waals surface area contributed by atoms with Gasteiger partial charge in [-0.25, -0.2) is 8.42 Å². The molecule has 2 heterocycles. The van der Waals surface area contributed by atoms with Crippen LogP contribution in [0.25, 0.3) is 10.2 Å². The highest BCUT2D eigenvalue weighted by Gasteiger charge is 2.27. The summed E-state index contributed by atoms with van der Waals surface area (Å²) in [6.07, 6.45) is 1.70. The van der Waals surface area contributed by atoms with Gasteiger partial charge in [0, 0.05) is 23.7 Å². The van der Waals surface area contributed by atoms with Crippen molar-refractivity contribution in [2.24, 2.45) is 4.99 Å². The molecule has 0 aliphatic carbocycles. The van der Waals surface area contributed by atoms with E-state index in [-0.39, 0.29) is 23.6 Å². The smallest absolute Gasteiger partial charge is 0.326 e. The van der Waals surface area contributed by atoms with Gasteiger partial charge in [-0.05, 0) is 62.2 Å². The standard InChI is InChI=1S/C22H22ClN3O5S2/c1-2-31-20(27)14-26-18-10-7-16(23)13-19(18)32-22(26)24-21(28)15-5-8-17(9-6-15)33(29,30)25-11-3-4-12-25/h5-10,13H,2-4,11-12,14H2,1H3. The zero-order valence-electron chi connectivity index (χ0n) is 17.9. The maximum Gasteiger partial charge on any atom is 0.326 e. The van der Waals surface area contributed by atoms with Crippen molar-refractivity contribution in [1.82, 2.24) is 8.87 Å². The fourth-order valence-corrected chi connectivity index (χ4v) is 6.44. The minimum atomic E-state index is -3.56. The maximum absolute atomic E-state index is 12.9. The van der Waals surface area contributed by atoms with Crippen LogP contribution in [0.3, 0.4) is 0 Å². The second-order valence-electron chi connectivity index (χ2n) is 7.44. The van der Waals surface area contributed by atoms with Crippen LogP contribution in [0.1, 0.15) is 30.1 Å². The Kier molecular flexibility index (Phi) is 6.99. The van der Waals surface area contributed by atoms with E-state index in [0.717, 1.165) is 17.5 Å². The van der Waals surface area contributed by atoms with Crippen molar-refractivity contribution >= 4 is 55.1 Å². The molecule has 0 N–H and O–H groups in total. The normalized spacial score (nSPS) is 15.3. The molecular weight excluding hydrogens is 486 g/mol. The number of halogens is 1. The Morgan fingerprint density at radius 1 is 1.12 bits per heavy atom. The van der Waals surface area contributed by atoms with Crippen molar-refractivity contribution in [3.8, 4) is 0 Å². The Labute approximate surface area is 200 Å². The number of hydrogen-bond donors (Lipinski definition) is 0. The molecule has 174 valence electrons. The molecule has 1 aliphatic rings. The molecule has 0 saturated carbocycles. The second kappa shape index (κ2) is 9.76. The first-order valence-electron chi connectivity index (χ1n) is 10.4. The molecule has 0 atom stereocenters. The van der Waals surface area contributed by atoms with Gasteiger partial charge in [0.2, 0.25) is 10.0 Å². The highest BCUT2D eigenvalue weighted by atomic mass is 35.5. The number of benzene rings is 2. The van der Waals surface area contributed by atoms with Crippen LogP contribution >= 0.6 is 22.9 Å². The first-order chi connectivity index (χ1) is 15.8. The lowest BCUT2D eigenvalue weighted by Crippen LogP contribution is -2.27. The number of nitrogens with zero attached hydrogens (tertiary/aromatic N) is 3. The molecule has 33 heavy (non-hydrogen) atoms. The van der Waals surface area contributed by atoms with E-state index in [1.165, 1.54) is 39.9 Å². The number of carbonyl (C=O) groups is 2. The van der Waals surface area contributed by atoms with Crippen molar-refractivity contribution in [1.29, 1.82) is 0 Å². The van der Waals surface area contributed by atoms with Crippen molar-refractivity contribution < 1.29 is 22.7 Å². The van der Waals surface area contributed by atoms with Gasteiger partial charge in [-0.15, -0.1) is 0 Å². The van der Waals surface area contributed by atoms with E-state index in [2.05, 4.69) is 4.99 Å². The number of rotatable bonds is 6. The van der Waals surface area contributed by atoms with Crippen LogP contribution < -0.4 is 4.80 Å². The average Bonchev–Trinajstić information content (AvgIpc) is 3.43. The molecule has 4 rings (SSSR count). The third kappa shape index (κ3) is 5.03. The van der Waals surface area contributed by atoms with Gasteiger partial charge in [-0.1, -0.05) is 22.9 Å². The first-order valence-corrected chi connectivity index (χ1v) is 13.1. The summed E-state index contributed by atoms with van der Waals surface area (Å²) in [5.74, 6) is -0.993. The fourth-order valence-electron chi connectivity index (χ4n) is 3.62. The molecule has 1 aliphatic heterocycles. The third-order valence-electron chi connectivity index (χ3n) is 5.24. The number of sulfonamides is 1. The molecule has 0 bridgehead atoms. The number of aromatic nitrogens is 1. The maximum atomic E-state index is 12.9. The Bertz CT molecular complexity index is 1370. The van der Waals surface area contributed by atoms with Crippen LogP contribution in [0.4, 0.5) is 0 Å². The first kappa shape index (κ1) is 23.6. The summed E-state index contributed by atoms with van der Waals surface area (Å²) in [5, 5.41) is 0.528. The van der Waals surface area contributed by atoms with Gasteiger partial charge in [-0.2, -0.15) is 9.30 Å². The molecule has 2 aromatic carbocycles. The number of hydrogen-bond acceptors (Lipinski definition) is 6. The summed E-state index contributed by atoms with van der Waals surface area (Å²) < 4.78 is 34.3. The Balaban J connectivity index is 1.67. The van der Waals surface area contributed by atoms with Gasteiger partial charge >= 0.3 is 5.97 Å². The Hall–Kier alpha value is -2.53. The zero-order chi connectivity index (χ0) is 23.6. The summed E-state index contributed by atoms with van der Waals surface area (Å²) in [6, 6.07) is 11.0. The second-order valence-corrected chi connectivity index (χ2v) is 10.8. The monoisotopic (exact) mass is 507 g/mol. The lowest BCUT2D eigenvalue weighted by atomic mass is 10.2. The SMILES string of the molecule is CCOC(=O)Cn1c(=NC(=O)c2ccc(S(=O)(=O)N3CCCC3)cc2)sc2cc(Cl)ccc21. The molecule has 8 nitrogen and oxygen atoms in total. The topological polar surface area (TPSA) is 98.0 Å². The summed E-state index contributed by atoms with van der Waals surface area (Å²) in [4.78, 5) is 29.7. The number of fused-ring (bicyclic) bond motifs is 1. The van der Waals surface area contributed by atoms with Gasteiger partial charge < -0.3 is 9.30 Å². The van der Waals surface area contributed by atoms with Gasteiger partial charge in [0.05, 0.1) is 21.7 Å². The van der Waals surface area contributed by atoms with E-state index >= 15 is 0 Å². The molecule has 1 aromatic heterocycles. The molecular formula is C22H22ClN3O5S2. The van der Waals surface area contributed by atoms with E-state index in [9.17, 15) is 18.0 Å². The predicted octanol–water partition coefficient (Wildman–Crippen LogP) is 3.44. The van der Waals surface area contributed by atoms with Crippen LogP contribution in [0.2, 0.25) is 5.02 Å². The molecule has 0 unspecified atom stereocenters. The van der Waals surface area contributed by atoms with Crippen LogP contribution in [-0.4, -0.2) is 48.9 Å². The highest BCUT2D eigenvalue weighted by Crippen LogP contribution is 2.23. The number of carbonyl (C=O) groups excluding carboxylic acids is 2. The molecule has 3 aromatic rings. The van der Waals surface area contributed by atoms with Crippen molar-refractivity contribution in [3.63, 3.8) is 0 Å². The summed E-state index contributed by atoms with van der Waals surface area (Å²) >= 11 is 7.32. The Morgan fingerprint density at radius 2 is 1.82 bits per heavy atom. The summed E-state index contributed by atoms with van der Waals surface area (Å²) in [7, 11) is -3.56. The lowest BCUT2D eigenvalue weighted by Gasteiger charge is -2.15.